The Bertz CT molecular complexity index is 19.7. The minimum Gasteiger partial charge on any atom is -0.197 e. The van der Waals surface area contributed by atoms with Gasteiger partial charge in [-0.15, -0.1) is 0 Å². The van der Waals surface area contributed by atoms with Crippen LogP contribution >= 0.6 is 23.4 Å². The van der Waals surface area contributed by atoms with Gasteiger partial charge in [-0.2, -0.15) is 23.4 Å². The van der Waals surface area contributed by atoms with Gasteiger partial charge in [0.25, 0.3) is 0 Å². The Kier molecular flexibility index (Phi) is 1160. The van der Waals surface area contributed by atoms with Gasteiger partial charge >= 0.3 is 0 Å². The van der Waals surface area contributed by atoms with E-state index < -0.39 is 0 Å². The molecule has 0 aromatic heterocycles. The third-order valence-corrected chi connectivity index (χ3v) is 0. The third kappa shape index (κ3) is 56.6. The van der Waals surface area contributed by atoms with Crippen molar-refractivity contribution in [3.05, 3.63) is 0 Å². The summed E-state index contributed by atoms with van der Waals surface area (Å²) in [5.74, 6) is 0. The minimum atomic E-state index is 0. The van der Waals surface area contributed by atoms with E-state index in [-0.39, 0.29) is 92.7 Å². The summed E-state index contributed by atoms with van der Waals surface area (Å²) in [6.45, 7) is 0. The van der Waals surface area contributed by atoms with Gasteiger partial charge in [0.15, 0.2) is 0 Å². The van der Waals surface area contributed by atoms with E-state index in [9.17, 15) is 0 Å². The Labute approximate surface area is 92.0 Å². The predicted octanol–water partition coefficient (Wildman–Crippen LogP) is 0.419. The Morgan fingerprint density at radius 1 is 1.00 bits per heavy atom. The normalized spacial score (nSPS) is 0. The molecule has 5 radical (unpaired) electrons. The van der Waals surface area contributed by atoms with Crippen molar-refractivity contribution >= 4 is 34.4 Å². The summed E-state index contributed by atoms with van der Waals surface area (Å²) in [6.07, 6.45) is 0. The third-order valence-electron chi connectivity index (χ3n) is 0. The molecule has 6 heteroatoms. The molecule has 0 bridgehead atoms. The van der Waals surface area contributed by atoms with Gasteiger partial charge in [0.05, 0.1) is 0 Å². The number of hydrogen-bond acceptors (Lipinski definition) is 0. The van der Waals surface area contributed by atoms with Crippen LogP contribution in [0.25, 0.3) is 0 Å². The quantitative estimate of drug-likeness (QED) is 0.445. The van der Waals surface area contributed by atoms with E-state index in [2.05, 4.69) is 0 Å². The van der Waals surface area contributed by atoms with Gasteiger partial charge in [0.1, 0.15) is 0 Å². The van der Waals surface area contributed by atoms with Gasteiger partial charge < -0.3 is 0 Å². The van der Waals surface area contributed by atoms with Crippen LogP contribution in [0.15, 0.2) is 0 Å². The molecule has 0 saturated heterocycles. The van der Waals surface area contributed by atoms with Crippen molar-refractivity contribution < 1.29 is 50.9 Å². The second-order valence-electron chi connectivity index (χ2n) is 0. The molecule has 0 aromatic carbocycles. The molecular formula is CH9CrMnNiPSSi. The van der Waals surface area contributed by atoms with Crippen LogP contribution in [-0.2, 0) is 50.9 Å². The van der Waals surface area contributed by atoms with Crippen molar-refractivity contribution in [3.63, 3.8) is 0 Å². The van der Waals surface area contributed by atoms with Gasteiger partial charge in [-0.25, -0.2) is 0 Å². The van der Waals surface area contributed by atoms with Gasteiger partial charge in [-0.3, -0.25) is 0 Å². The molecule has 0 heterocycles. The van der Waals surface area contributed by atoms with Crippen LogP contribution in [0.1, 0.15) is 7.43 Å². The van der Waals surface area contributed by atoms with E-state index in [1.807, 2.05) is 0 Å². The van der Waals surface area contributed by atoms with Crippen LogP contribution in [0, 0.1) is 0 Å². The Balaban J connectivity index is 0. The SMILES string of the molecule is C.P.S.[Cr].[Mn].[Ni].[Si]. The van der Waals surface area contributed by atoms with Crippen LogP contribution in [0.4, 0.5) is 0 Å². The van der Waals surface area contributed by atoms with E-state index in [4.69, 9.17) is 0 Å². The predicted molar refractivity (Wildman–Crippen MR) is 34.0 cm³/mol. The molecule has 0 nitrogen and oxygen atoms in total. The van der Waals surface area contributed by atoms with E-state index in [0.717, 1.165) is 0 Å². The molecule has 0 N–H and O–H groups in total. The molecule has 7 heavy (non-hydrogen) atoms. The van der Waals surface area contributed by atoms with E-state index in [1.54, 1.807) is 0 Å². The molecule has 1 atom stereocenters. The zero-order valence-electron chi connectivity index (χ0n) is 2.81. The molecule has 0 aliphatic carbocycles. The fourth-order valence-corrected chi connectivity index (χ4v) is 0. The molecule has 0 spiro atoms. The van der Waals surface area contributed by atoms with Crippen LogP contribution in [-0.4, -0.2) is 11.0 Å². The van der Waals surface area contributed by atoms with E-state index in [1.165, 1.54) is 0 Å². The van der Waals surface area contributed by atoms with Gasteiger partial charge in [-0.1, -0.05) is 7.43 Å². The second kappa shape index (κ2) is 75.2. The average molecular weight is 278 g/mol. The van der Waals surface area contributed by atoms with Gasteiger partial charge in [0.2, 0.25) is 0 Å². The molecule has 1 unspecified atom stereocenters. The molecule has 0 aromatic rings. The standard InChI is InChI=1S/CH4.Cr.Mn.Ni.H3P.H2S.Si/h1H4;;;;1H3;1H2;. The fourth-order valence-electron chi connectivity index (χ4n) is 0. The molecule has 0 fully saturated rings. The zero-order chi connectivity index (χ0) is 0. The van der Waals surface area contributed by atoms with Crippen molar-refractivity contribution in [1.82, 2.24) is 0 Å². The first-order valence-electron chi connectivity index (χ1n) is 0. The largest absolute Gasteiger partial charge is 0.197 e. The van der Waals surface area contributed by atoms with E-state index >= 15 is 0 Å². The first-order valence-corrected chi connectivity index (χ1v) is 0. The Morgan fingerprint density at radius 2 is 1.00 bits per heavy atom. The zero-order valence-corrected chi connectivity index (χ0v) is 9.67. The van der Waals surface area contributed by atoms with Crippen LogP contribution < -0.4 is 0 Å². The molecule has 0 saturated carbocycles. The van der Waals surface area contributed by atoms with Crippen LogP contribution in [0.3, 0.4) is 0 Å². The first kappa shape index (κ1) is 108. The van der Waals surface area contributed by atoms with Gasteiger partial charge in [0, 0.05) is 61.9 Å². The van der Waals surface area contributed by atoms with Crippen molar-refractivity contribution in [3.8, 4) is 0 Å². The number of hydrogen-bond donors (Lipinski definition) is 0. The topological polar surface area (TPSA) is 0 Å². The van der Waals surface area contributed by atoms with Crippen LogP contribution in [0.2, 0.25) is 0 Å². The minimum absolute atomic E-state index is 0. The van der Waals surface area contributed by atoms with Crippen molar-refractivity contribution in [1.29, 1.82) is 0 Å². The Morgan fingerprint density at radius 3 is 1.00 bits per heavy atom. The summed E-state index contributed by atoms with van der Waals surface area (Å²) in [5, 5.41) is 0. The summed E-state index contributed by atoms with van der Waals surface area (Å²) < 4.78 is 0. The van der Waals surface area contributed by atoms with Crippen molar-refractivity contribution in [2.75, 3.05) is 0 Å². The molecule has 0 rings (SSSR count). The summed E-state index contributed by atoms with van der Waals surface area (Å²) in [5.41, 5.74) is 0. The first-order chi connectivity index (χ1) is 0. The average Bonchev–Trinajstić information content (AvgIpc) is 0. The maximum absolute atomic E-state index is 0. The molecule has 0 aliphatic rings. The van der Waals surface area contributed by atoms with Crippen molar-refractivity contribution in [2.45, 2.75) is 7.43 Å². The summed E-state index contributed by atoms with van der Waals surface area (Å²) in [4.78, 5) is 0. The Hall–Kier alpha value is 2.54. The van der Waals surface area contributed by atoms with Gasteiger partial charge in [-0.05, 0) is 0 Å². The summed E-state index contributed by atoms with van der Waals surface area (Å²) in [6, 6.07) is 0. The summed E-state index contributed by atoms with van der Waals surface area (Å²) >= 11 is 0. The second-order valence-corrected chi connectivity index (χ2v) is 0. The molecule has 0 amide bonds. The molecular weight excluding hydrogens is 269 g/mol. The van der Waals surface area contributed by atoms with Crippen molar-refractivity contribution in [2.24, 2.45) is 0 Å². The maximum Gasteiger partial charge on any atom is 0 e. The monoisotopic (exact) mass is 277 g/mol. The summed E-state index contributed by atoms with van der Waals surface area (Å²) in [7, 11) is 0. The fraction of sp³-hybridized carbons (Fsp3) is 1.00. The van der Waals surface area contributed by atoms with E-state index in [0.29, 0.717) is 0 Å². The molecule has 51 valence electrons. The number of rotatable bonds is 0. The smallest absolute Gasteiger partial charge is 0 e. The maximum atomic E-state index is 0. The van der Waals surface area contributed by atoms with Crippen LogP contribution in [0.5, 0.6) is 0 Å². The molecule has 0 aliphatic heterocycles.